The maximum atomic E-state index is 12.6. The minimum absolute atomic E-state index is 0.118. The van der Waals surface area contributed by atoms with Crippen molar-refractivity contribution in [1.29, 1.82) is 0 Å². The SMILES string of the molecule is COc1ccc(C(=O)N[C@@H]2CC(C)(C)Oc3cc(OC)ccc32)cc1. The maximum absolute atomic E-state index is 12.6. The molecule has 1 aliphatic heterocycles. The van der Waals surface area contributed by atoms with Crippen LogP contribution in [0.3, 0.4) is 0 Å². The zero-order valence-corrected chi connectivity index (χ0v) is 15.0. The van der Waals surface area contributed by atoms with Crippen LogP contribution in [0, 0.1) is 0 Å². The first-order chi connectivity index (χ1) is 11.9. The van der Waals surface area contributed by atoms with Gasteiger partial charge in [0, 0.05) is 23.6 Å². The summed E-state index contributed by atoms with van der Waals surface area (Å²) in [7, 11) is 3.23. The number of carbonyl (C=O) groups is 1. The lowest BCUT2D eigenvalue weighted by Crippen LogP contribution is -2.41. The summed E-state index contributed by atoms with van der Waals surface area (Å²) >= 11 is 0. The lowest BCUT2D eigenvalue weighted by Gasteiger charge is -2.38. The molecule has 132 valence electrons. The minimum Gasteiger partial charge on any atom is -0.497 e. The molecule has 25 heavy (non-hydrogen) atoms. The molecule has 0 saturated heterocycles. The second kappa shape index (κ2) is 6.67. The van der Waals surface area contributed by atoms with E-state index in [1.54, 1.807) is 38.5 Å². The molecule has 1 N–H and O–H groups in total. The molecule has 0 unspecified atom stereocenters. The van der Waals surface area contributed by atoms with Crippen molar-refractivity contribution in [3.8, 4) is 17.2 Å². The van der Waals surface area contributed by atoms with Gasteiger partial charge in [0.2, 0.25) is 0 Å². The van der Waals surface area contributed by atoms with Gasteiger partial charge in [-0.2, -0.15) is 0 Å². The molecule has 1 atom stereocenters. The van der Waals surface area contributed by atoms with E-state index >= 15 is 0 Å². The number of amides is 1. The third-order valence-corrected chi connectivity index (χ3v) is 4.34. The van der Waals surface area contributed by atoms with E-state index in [0.717, 1.165) is 22.8 Å². The molecule has 0 aliphatic carbocycles. The van der Waals surface area contributed by atoms with E-state index in [1.807, 2.05) is 32.0 Å². The number of hydrogen-bond acceptors (Lipinski definition) is 4. The third-order valence-electron chi connectivity index (χ3n) is 4.34. The minimum atomic E-state index is -0.378. The van der Waals surface area contributed by atoms with Gasteiger partial charge in [0.15, 0.2) is 0 Å². The summed E-state index contributed by atoms with van der Waals surface area (Å²) in [6, 6.07) is 12.6. The van der Waals surface area contributed by atoms with Crippen molar-refractivity contribution in [1.82, 2.24) is 5.32 Å². The Morgan fingerprint density at radius 3 is 2.36 bits per heavy atom. The fraction of sp³-hybridized carbons (Fsp3) is 0.350. The number of nitrogens with one attached hydrogen (secondary N) is 1. The summed E-state index contributed by atoms with van der Waals surface area (Å²) in [5.74, 6) is 2.08. The summed E-state index contributed by atoms with van der Waals surface area (Å²) in [5, 5.41) is 3.12. The van der Waals surface area contributed by atoms with E-state index in [9.17, 15) is 4.79 Å². The summed E-state index contributed by atoms with van der Waals surface area (Å²) in [6.07, 6.45) is 0.689. The van der Waals surface area contributed by atoms with E-state index in [4.69, 9.17) is 14.2 Å². The van der Waals surface area contributed by atoms with Crippen molar-refractivity contribution in [2.24, 2.45) is 0 Å². The van der Waals surface area contributed by atoms with Crippen LogP contribution in [0.1, 0.15) is 42.2 Å². The molecule has 0 radical (unpaired) electrons. The monoisotopic (exact) mass is 341 g/mol. The fourth-order valence-electron chi connectivity index (χ4n) is 3.07. The van der Waals surface area contributed by atoms with Gasteiger partial charge in [0.25, 0.3) is 5.91 Å². The van der Waals surface area contributed by atoms with Gasteiger partial charge >= 0.3 is 0 Å². The quantitative estimate of drug-likeness (QED) is 0.920. The van der Waals surface area contributed by atoms with Crippen molar-refractivity contribution >= 4 is 5.91 Å². The van der Waals surface area contributed by atoms with Gasteiger partial charge in [-0.3, -0.25) is 4.79 Å². The van der Waals surface area contributed by atoms with Crippen molar-refractivity contribution < 1.29 is 19.0 Å². The van der Waals surface area contributed by atoms with Gasteiger partial charge in [-0.05, 0) is 50.2 Å². The van der Waals surface area contributed by atoms with Crippen LogP contribution in [0.2, 0.25) is 0 Å². The highest BCUT2D eigenvalue weighted by Crippen LogP contribution is 2.41. The number of methoxy groups -OCH3 is 2. The predicted molar refractivity (Wildman–Crippen MR) is 95.5 cm³/mol. The van der Waals surface area contributed by atoms with Gasteiger partial charge in [-0.1, -0.05) is 0 Å². The van der Waals surface area contributed by atoms with Crippen molar-refractivity contribution in [2.45, 2.75) is 31.9 Å². The van der Waals surface area contributed by atoms with Gasteiger partial charge in [-0.15, -0.1) is 0 Å². The molecule has 1 aliphatic rings. The molecule has 2 aromatic carbocycles. The largest absolute Gasteiger partial charge is 0.497 e. The van der Waals surface area contributed by atoms with Crippen LogP contribution in [0.5, 0.6) is 17.2 Å². The highest BCUT2D eigenvalue weighted by atomic mass is 16.5. The van der Waals surface area contributed by atoms with Crippen LogP contribution >= 0.6 is 0 Å². The summed E-state index contributed by atoms with van der Waals surface area (Å²) in [4.78, 5) is 12.6. The molecular formula is C20H23NO4. The molecule has 3 rings (SSSR count). The molecular weight excluding hydrogens is 318 g/mol. The lowest BCUT2D eigenvalue weighted by molar-refractivity contribution is 0.0617. The zero-order chi connectivity index (χ0) is 18.0. The Hall–Kier alpha value is -2.69. The van der Waals surface area contributed by atoms with E-state index < -0.39 is 0 Å². The number of ether oxygens (including phenoxy) is 3. The Kier molecular flexibility index (Phi) is 4.57. The van der Waals surface area contributed by atoms with E-state index in [2.05, 4.69) is 5.32 Å². The first kappa shape index (κ1) is 17.1. The van der Waals surface area contributed by atoms with Crippen LogP contribution in [-0.4, -0.2) is 25.7 Å². The number of carbonyl (C=O) groups excluding carboxylic acids is 1. The van der Waals surface area contributed by atoms with Crippen molar-refractivity contribution in [3.05, 3.63) is 53.6 Å². The van der Waals surface area contributed by atoms with E-state index in [-0.39, 0.29) is 17.6 Å². The number of fused-ring (bicyclic) bond motifs is 1. The Bertz CT molecular complexity index is 768. The molecule has 0 spiro atoms. The smallest absolute Gasteiger partial charge is 0.251 e. The molecule has 1 amide bonds. The van der Waals surface area contributed by atoms with E-state index in [1.165, 1.54) is 0 Å². The van der Waals surface area contributed by atoms with Crippen LogP contribution in [0.4, 0.5) is 0 Å². The summed E-state index contributed by atoms with van der Waals surface area (Å²) < 4.78 is 16.5. The van der Waals surface area contributed by atoms with Gasteiger partial charge in [0.1, 0.15) is 22.8 Å². The average Bonchev–Trinajstić information content (AvgIpc) is 2.60. The first-order valence-electron chi connectivity index (χ1n) is 8.24. The average molecular weight is 341 g/mol. The number of rotatable bonds is 4. The molecule has 0 bridgehead atoms. The normalized spacial score (nSPS) is 17.8. The molecule has 0 saturated carbocycles. The van der Waals surface area contributed by atoms with Gasteiger partial charge in [0.05, 0.1) is 20.3 Å². The lowest BCUT2D eigenvalue weighted by atomic mass is 9.89. The molecule has 2 aromatic rings. The van der Waals surface area contributed by atoms with Crippen LogP contribution in [0.15, 0.2) is 42.5 Å². The Morgan fingerprint density at radius 2 is 1.72 bits per heavy atom. The Labute approximate surface area is 147 Å². The third kappa shape index (κ3) is 3.71. The molecule has 0 aromatic heterocycles. The van der Waals surface area contributed by atoms with E-state index in [0.29, 0.717) is 12.0 Å². The van der Waals surface area contributed by atoms with Gasteiger partial charge < -0.3 is 19.5 Å². The predicted octanol–water partition coefficient (Wildman–Crippen LogP) is 3.74. The molecule has 5 heteroatoms. The van der Waals surface area contributed by atoms with Gasteiger partial charge in [-0.25, -0.2) is 0 Å². The van der Waals surface area contributed by atoms with Crippen molar-refractivity contribution in [3.63, 3.8) is 0 Å². The fourth-order valence-corrected chi connectivity index (χ4v) is 3.07. The second-order valence-corrected chi connectivity index (χ2v) is 6.72. The maximum Gasteiger partial charge on any atom is 0.251 e. The standard InChI is InChI=1S/C20H23NO4/c1-20(2)12-17(16-10-9-15(24-4)11-18(16)25-20)21-19(22)13-5-7-14(23-3)8-6-13/h5-11,17H,12H2,1-4H3,(H,21,22)/t17-/m1/s1. The molecule has 5 nitrogen and oxygen atoms in total. The number of hydrogen-bond donors (Lipinski definition) is 1. The van der Waals surface area contributed by atoms with Crippen LogP contribution in [0.25, 0.3) is 0 Å². The van der Waals surface area contributed by atoms with Crippen LogP contribution in [-0.2, 0) is 0 Å². The molecule has 0 fully saturated rings. The number of benzene rings is 2. The molecule has 1 heterocycles. The Morgan fingerprint density at radius 1 is 1.08 bits per heavy atom. The topological polar surface area (TPSA) is 56.8 Å². The highest BCUT2D eigenvalue weighted by molar-refractivity contribution is 5.94. The summed E-state index contributed by atoms with van der Waals surface area (Å²) in [6.45, 7) is 4.03. The second-order valence-electron chi connectivity index (χ2n) is 6.72. The highest BCUT2D eigenvalue weighted by Gasteiger charge is 2.34. The zero-order valence-electron chi connectivity index (χ0n) is 15.0. The van der Waals surface area contributed by atoms with Crippen LogP contribution < -0.4 is 19.5 Å². The summed E-state index contributed by atoms with van der Waals surface area (Å²) in [5.41, 5.74) is 1.18. The Balaban J connectivity index is 1.85. The first-order valence-corrected chi connectivity index (χ1v) is 8.24. The van der Waals surface area contributed by atoms with Crippen molar-refractivity contribution in [2.75, 3.05) is 14.2 Å².